The summed E-state index contributed by atoms with van der Waals surface area (Å²) in [5.74, 6) is 0. The van der Waals surface area contributed by atoms with Crippen molar-refractivity contribution in [1.29, 1.82) is 0 Å². The summed E-state index contributed by atoms with van der Waals surface area (Å²) >= 11 is 1.74. The Morgan fingerprint density at radius 1 is 0.558 bits per heavy atom. The Kier molecular flexibility index (Phi) is 12.8. The van der Waals surface area contributed by atoms with E-state index >= 15 is 0 Å². The Balaban J connectivity index is 0.000000203. The second-order valence-corrected chi connectivity index (χ2v) is 20.3. The van der Waals surface area contributed by atoms with Crippen LogP contribution in [0, 0.1) is 20.8 Å². The van der Waals surface area contributed by atoms with Crippen LogP contribution in [-0.2, 0) is 23.3 Å². The van der Waals surface area contributed by atoms with Gasteiger partial charge in [0.05, 0.1) is 0 Å². The molecule has 4 heteroatoms. The van der Waals surface area contributed by atoms with E-state index in [0.717, 1.165) is 0 Å². The molecule has 0 radical (unpaired) electrons. The van der Waals surface area contributed by atoms with Crippen LogP contribution in [-0.4, -0.2) is 5.43 Å². The number of fused-ring (bicyclic) bond motifs is 3. The molecule has 0 saturated carbocycles. The first-order valence-electron chi connectivity index (χ1n) is 14.2. The van der Waals surface area contributed by atoms with Gasteiger partial charge in [0.1, 0.15) is 0 Å². The van der Waals surface area contributed by atoms with Gasteiger partial charge in [-0.2, -0.15) is 11.6 Å². The number of hydrogen-bond acceptors (Lipinski definition) is 0. The Hall–Kier alpha value is -2.74. The molecule has 0 aromatic heterocycles. The van der Waals surface area contributed by atoms with Gasteiger partial charge in [0.2, 0.25) is 0 Å². The largest absolute Gasteiger partial charge is 1.00 e. The van der Waals surface area contributed by atoms with Gasteiger partial charge in [0.15, 0.2) is 0 Å². The topological polar surface area (TPSA) is 0 Å². The maximum atomic E-state index is 2.31. The molecule has 0 nitrogen and oxygen atoms in total. The van der Waals surface area contributed by atoms with Gasteiger partial charge in [0.25, 0.3) is 0 Å². The zero-order chi connectivity index (χ0) is 28.9. The molecular weight excluding hydrogens is 659 g/mol. The summed E-state index contributed by atoms with van der Waals surface area (Å²) < 4.78 is 0. The van der Waals surface area contributed by atoms with Gasteiger partial charge in [-0.05, 0) is 21.9 Å². The molecule has 0 saturated heterocycles. The van der Waals surface area contributed by atoms with Crippen molar-refractivity contribution in [2.45, 2.75) is 33.9 Å². The van der Waals surface area contributed by atoms with Crippen LogP contribution in [0.1, 0.15) is 16.7 Å². The van der Waals surface area contributed by atoms with Crippen LogP contribution in [0.25, 0.3) is 54.6 Å². The minimum absolute atomic E-state index is 0. The van der Waals surface area contributed by atoms with E-state index in [1.165, 1.54) is 71.3 Å². The molecule has 7 aromatic rings. The number of benzene rings is 5. The molecule has 0 amide bonds. The minimum Gasteiger partial charge on any atom is -1.00 e. The van der Waals surface area contributed by atoms with Gasteiger partial charge >= 0.3 is 41.9 Å². The summed E-state index contributed by atoms with van der Waals surface area (Å²) in [6, 6.07) is 45.7. The Bertz CT molecular complexity index is 1960. The molecule has 0 fully saturated rings. The van der Waals surface area contributed by atoms with Crippen molar-refractivity contribution in [1.82, 2.24) is 0 Å². The van der Waals surface area contributed by atoms with E-state index in [9.17, 15) is 0 Å². The van der Waals surface area contributed by atoms with E-state index in [4.69, 9.17) is 0 Å². The molecule has 0 spiro atoms. The molecule has 0 aliphatic rings. The molecule has 0 bridgehead atoms. The zero-order valence-corrected chi connectivity index (χ0v) is 30.4. The van der Waals surface area contributed by atoms with Crippen molar-refractivity contribution in [2.75, 3.05) is 0 Å². The van der Waals surface area contributed by atoms with Crippen molar-refractivity contribution in [3.05, 3.63) is 144 Å². The third-order valence-electron chi connectivity index (χ3n) is 7.49. The normalized spacial score (nSPS) is 10.2. The van der Waals surface area contributed by atoms with Gasteiger partial charge in [-0.15, -0.1) is 69.1 Å². The molecule has 0 atom stereocenters. The Labute approximate surface area is 284 Å². The molecule has 216 valence electrons. The van der Waals surface area contributed by atoms with Crippen LogP contribution in [0.15, 0.2) is 127 Å². The van der Waals surface area contributed by atoms with Crippen molar-refractivity contribution >= 4 is 37.8 Å². The van der Waals surface area contributed by atoms with Crippen molar-refractivity contribution in [3.8, 4) is 22.3 Å². The molecule has 0 N–H and O–H groups in total. The summed E-state index contributed by atoms with van der Waals surface area (Å²) in [4.78, 5) is 0. The van der Waals surface area contributed by atoms with E-state index in [0.29, 0.717) is 0 Å². The SMILES string of the molecule is C[Si](C)=[Zr+2].Cc1[cH-]c2cccc(-c3ccccc3)c2c1C.Cc1cc2c(-c3cccc4ccccc34)cccc2[cH-]1.[Cl-].[Cl-]. The smallest absolute Gasteiger partial charge is 0.0114 e. The number of hydrogen-bond donors (Lipinski definition) is 0. The monoisotopic (exact) mass is 692 g/mol. The van der Waals surface area contributed by atoms with Crippen molar-refractivity contribution < 1.29 is 48.1 Å². The summed E-state index contributed by atoms with van der Waals surface area (Å²) in [6.45, 7) is 11.2. The van der Waals surface area contributed by atoms with Gasteiger partial charge in [-0.25, -0.2) is 0 Å². The number of aryl methyl sites for hydroxylation is 3. The van der Waals surface area contributed by atoms with Crippen LogP contribution >= 0.6 is 0 Å². The average molecular weight is 695 g/mol. The average Bonchev–Trinajstić information content (AvgIpc) is 3.51. The van der Waals surface area contributed by atoms with Crippen molar-refractivity contribution in [2.24, 2.45) is 0 Å². The summed E-state index contributed by atoms with van der Waals surface area (Å²) in [5, 5.41) is 8.04. The zero-order valence-electron chi connectivity index (χ0n) is 25.4. The molecule has 0 aliphatic heterocycles. The summed E-state index contributed by atoms with van der Waals surface area (Å²) in [7, 11) is 0. The molecule has 43 heavy (non-hydrogen) atoms. The van der Waals surface area contributed by atoms with Crippen molar-refractivity contribution in [3.63, 3.8) is 0 Å². The molecular formula is C39H36Cl2SiZr-2. The van der Waals surface area contributed by atoms with Crippen LogP contribution in [0.4, 0.5) is 0 Å². The second kappa shape index (κ2) is 15.8. The van der Waals surface area contributed by atoms with E-state index in [2.05, 4.69) is 161 Å². The first-order chi connectivity index (χ1) is 19.8. The van der Waals surface area contributed by atoms with Gasteiger partial charge in [-0.1, -0.05) is 117 Å². The minimum atomic E-state index is 0. The molecule has 0 unspecified atom stereocenters. The maximum absolute atomic E-state index is 2.31. The standard InChI is InChI=1S/C20H15.C17H15.C2H6Si.2ClH.Zr/c1-14-12-16-8-5-11-19(20(16)13-14)18-10-4-7-15-6-2-3-9-17(15)18;1-12-11-15-9-6-10-16(17(15)13(12)2)14-7-4-3-5-8-14;1-3-2;;;/h2-13H,1H3;3-11H,1-2H3;1-2H3;2*1H;/q2*-1;;;;+2/p-2. The number of rotatable bonds is 2. The predicted octanol–water partition coefficient (Wildman–Crippen LogP) is 5.32. The van der Waals surface area contributed by atoms with Crippen LogP contribution in [0.3, 0.4) is 0 Å². The first kappa shape index (κ1) is 34.7. The van der Waals surface area contributed by atoms with E-state index in [-0.39, 0.29) is 30.2 Å². The Morgan fingerprint density at radius 2 is 1.09 bits per heavy atom. The molecule has 0 aliphatic carbocycles. The second-order valence-electron chi connectivity index (χ2n) is 11.0. The third kappa shape index (κ3) is 8.05. The third-order valence-corrected chi connectivity index (χ3v) is 7.49. The van der Waals surface area contributed by atoms with Crippen LogP contribution in [0.5, 0.6) is 0 Å². The van der Waals surface area contributed by atoms with Gasteiger partial charge < -0.3 is 24.8 Å². The summed E-state index contributed by atoms with van der Waals surface area (Å²) in [6.07, 6.45) is 0. The van der Waals surface area contributed by atoms with E-state index < -0.39 is 0 Å². The van der Waals surface area contributed by atoms with Gasteiger partial charge in [-0.3, -0.25) is 0 Å². The van der Waals surface area contributed by atoms with E-state index in [1.807, 2.05) is 0 Å². The van der Waals surface area contributed by atoms with Gasteiger partial charge in [0, 0.05) is 0 Å². The van der Waals surface area contributed by atoms with Crippen LogP contribution < -0.4 is 24.8 Å². The fraction of sp³-hybridized carbons (Fsp3) is 0.128. The molecule has 7 rings (SSSR count). The fourth-order valence-electron chi connectivity index (χ4n) is 5.59. The molecule has 7 aromatic carbocycles. The molecule has 0 heterocycles. The quantitative estimate of drug-likeness (QED) is 0.170. The maximum Gasteiger partial charge on any atom is -0.0114 e. The fourth-order valence-corrected chi connectivity index (χ4v) is 5.59. The first-order valence-corrected chi connectivity index (χ1v) is 20.4. The van der Waals surface area contributed by atoms with Crippen LogP contribution in [0.2, 0.25) is 13.1 Å². The van der Waals surface area contributed by atoms with E-state index in [1.54, 1.807) is 23.3 Å². The predicted molar refractivity (Wildman–Crippen MR) is 179 cm³/mol. The number of halogens is 2. The summed E-state index contributed by atoms with van der Waals surface area (Å²) in [5.41, 5.74) is 9.60. The Morgan fingerprint density at radius 3 is 1.79 bits per heavy atom.